The summed E-state index contributed by atoms with van der Waals surface area (Å²) in [5, 5.41) is 8.69. The van der Waals surface area contributed by atoms with Gasteiger partial charge in [0.25, 0.3) is 0 Å². The summed E-state index contributed by atoms with van der Waals surface area (Å²) in [7, 11) is -3.50. The highest BCUT2D eigenvalue weighted by Gasteiger charge is 2.22. The summed E-state index contributed by atoms with van der Waals surface area (Å²) >= 11 is 0. The second-order valence-corrected chi connectivity index (χ2v) is 5.73. The van der Waals surface area contributed by atoms with Gasteiger partial charge in [0, 0.05) is 13.1 Å². The first-order chi connectivity index (χ1) is 8.56. The van der Waals surface area contributed by atoms with Crippen molar-refractivity contribution in [1.82, 2.24) is 4.31 Å². The summed E-state index contributed by atoms with van der Waals surface area (Å²) in [6, 6.07) is 7.89. The Balaban J connectivity index is 3.09. The maximum absolute atomic E-state index is 12.3. The zero-order chi connectivity index (χ0) is 13.6. The van der Waals surface area contributed by atoms with Crippen molar-refractivity contribution < 1.29 is 8.42 Å². The van der Waals surface area contributed by atoms with Gasteiger partial charge in [-0.25, -0.2) is 8.42 Å². The first-order valence-corrected chi connectivity index (χ1v) is 7.11. The van der Waals surface area contributed by atoms with Crippen LogP contribution in [0.3, 0.4) is 0 Å². The molecule has 0 fully saturated rings. The minimum Gasteiger partial charge on any atom is -0.207 e. The molecule has 0 atom stereocenters. The van der Waals surface area contributed by atoms with E-state index in [4.69, 9.17) is 5.26 Å². The van der Waals surface area contributed by atoms with E-state index in [1.54, 1.807) is 6.08 Å². The van der Waals surface area contributed by atoms with Crippen molar-refractivity contribution in [3.05, 3.63) is 42.5 Å². The summed E-state index contributed by atoms with van der Waals surface area (Å²) in [6.45, 7) is 6.23. The fourth-order valence-electron chi connectivity index (χ4n) is 1.55. The Labute approximate surface area is 108 Å². The molecule has 0 N–H and O–H groups in total. The monoisotopic (exact) mass is 264 g/mol. The minimum atomic E-state index is -3.50. The van der Waals surface area contributed by atoms with Crippen molar-refractivity contribution in [3.8, 4) is 6.07 Å². The van der Waals surface area contributed by atoms with Gasteiger partial charge >= 0.3 is 0 Å². The quantitative estimate of drug-likeness (QED) is 0.740. The molecule has 1 aromatic rings. The van der Waals surface area contributed by atoms with Crippen LogP contribution in [-0.2, 0) is 10.0 Å². The first-order valence-electron chi connectivity index (χ1n) is 5.67. The van der Waals surface area contributed by atoms with Crippen LogP contribution in [0.4, 0.5) is 0 Å². The molecule has 0 aliphatic rings. The maximum Gasteiger partial charge on any atom is 0.243 e. The lowest BCUT2D eigenvalue weighted by Gasteiger charge is -2.19. The van der Waals surface area contributed by atoms with Crippen LogP contribution < -0.4 is 0 Å². The highest BCUT2D eigenvalue weighted by Crippen LogP contribution is 2.16. The lowest BCUT2D eigenvalue weighted by Crippen LogP contribution is -2.31. The molecular formula is C13H16N2O2S. The largest absolute Gasteiger partial charge is 0.243 e. The molecular weight excluding hydrogens is 248 g/mol. The highest BCUT2D eigenvalue weighted by atomic mass is 32.2. The van der Waals surface area contributed by atoms with Crippen LogP contribution in [0.2, 0.25) is 0 Å². The van der Waals surface area contributed by atoms with Gasteiger partial charge in [0.1, 0.15) is 0 Å². The molecule has 1 aromatic carbocycles. The SMILES string of the molecule is C=CCN(CCC)S(=O)(=O)c1ccc(C#N)cc1. The van der Waals surface area contributed by atoms with Crippen molar-refractivity contribution >= 4 is 10.0 Å². The van der Waals surface area contributed by atoms with Crippen molar-refractivity contribution in [3.63, 3.8) is 0 Å². The molecule has 18 heavy (non-hydrogen) atoms. The van der Waals surface area contributed by atoms with Crippen LogP contribution >= 0.6 is 0 Å². The molecule has 0 aliphatic heterocycles. The molecule has 1 rings (SSSR count). The van der Waals surface area contributed by atoms with Crippen molar-refractivity contribution in [2.75, 3.05) is 13.1 Å². The Bertz CT molecular complexity index is 541. The van der Waals surface area contributed by atoms with Crippen molar-refractivity contribution in [2.45, 2.75) is 18.2 Å². The minimum absolute atomic E-state index is 0.205. The number of nitriles is 1. The Hall–Kier alpha value is -1.64. The third-order valence-electron chi connectivity index (χ3n) is 2.43. The summed E-state index contributed by atoms with van der Waals surface area (Å²) in [6.07, 6.45) is 2.31. The summed E-state index contributed by atoms with van der Waals surface area (Å²) in [5.41, 5.74) is 0.444. The fourth-order valence-corrected chi connectivity index (χ4v) is 3.06. The summed E-state index contributed by atoms with van der Waals surface area (Å²) in [5.74, 6) is 0. The zero-order valence-electron chi connectivity index (χ0n) is 10.3. The number of rotatable bonds is 6. The van der Waals surface area contributed by atoms with Crippen LogP contribution in [-0.4, -0.2) is 25.8 Å². The summed E-state index contributed by atoms with van der Waals surface area (Å²) in [4.78, 5) is 0.205. The van der Waals surface area contributed by atoms with Crippen LogP contribution in [0.5, 0.6) is 0 Å². The Morgan fingerprint density at radius 3 is 2.44 bits per heavy atom. The standard InChI is InChI=1S/C13H16N2O2S/c1-3-9-15(10-4-2)18(16,17)13-7-5-12(11-14)6-8-13/h3,5-8H,1,4,9-10H2,2H3. The van der Waals surface area contributed by atoms with E-state index < -0.39 is 10.0 Å². The molecule has 0 saturated carbocycles. The van der Waals surface area contributed by atoms with Gasteiger partial charge in [-0.2, -0.15) is 9.57 Å². The molecule has 0 unspecified atom stereocenters. The number of sulfonamides is 1. The number of hydrogen-bond donors (Lipinski definition) is 0. The van der Waals surface area contributed by atoms with E-state index >= 15 is 0 Å². The van der Waals surface area contributed by atoms with Gasteiger partial charge in [0.15, 0.2) is 0 Å². The molecule has 4 nitrogen and oxygen atoms in total. The zero-order valence-corrected chi connectivity index (χ0v) is 11.2. The van der Waals surface area contributed by atoms with E-state index in [-0.39, 0.29) is 11.4 Å². The third kappa shape index (κ3) is 3.19. The normalized spacial score (nSPS) is 11.2. The second-order valence-electron chi connectivity index (χ2n) is 3.79. The average molecular weight is 264 g/mol. The van der Waals surface area contributed by atoms with Crippen LogP contribution in [0.1, 0.15) is 18.9 Å². The fraction of sp³-hybridized carbons (Fsp3) is 0.308. The lowest BCUT2D eigenvalue weighted by atomic mass is 10.2. The number of hydrogen-bond acceptors (Lipinski definition) is 3. The van der Waals surface area contributed by atoms with E-state index in [1.165, 1.54) is 28.6 Å². The van der Waals surface area contributed by atoms with E-state index in [0.717, 1.165) is 6.42 Å². The molecule has 0 bridgehead atoms. The van der Waals surface area contributed by atoms with Gasteiger partial charge in [0.05, 0.1) is 16.5 Å². The molecule has 0 spiro atoms. The number of benzene rings is 1. The van der Waals surface area contributed by atoms with E-state index in [1.807, 2.05) is 13.0 Å². The molecule has 0 aliphatic carbocycles. The Morgan fingerprint density at radius 1 is 1.39 bits per heavy atom. The van der Waals surface area contributed by atoms with E-state index in [0.29, 0.717) is 12.1 Å². The first kappa shape index (κ1) is 14.4. The van der Waals surface area contributed by atoms with Gasteiger partial charge in [-0.05, 0) is 30.7 Å². The van der Waals surface area contributed by atoms with Crippen molar-refractivity contribution in [1.29, 1.82) is 5.26 Å². The third-order valence-corrected chi connectivity index (χ3v) is 4.31. The van der Waals surface area contributed by atoms with Crippen molar-refractivity contribution in [2.24, 2.45) is 0 Å². The topological polar surface area (TPSA) is 61.2 Å². The van der Waals surface area contributed by atoms with Gasteiger partial charge in [-0.3, -0.25) is 0 Å². The maximum atomic E-state index is 12.3. The molecule has 0 saturated heterocycles. The van der Waals surface area contributed by atoms with Gasteiger partial charge in [0.2, 0.25) is 10.0 Å². The van der Waals surface area contributed by atoms with Gasteiger partial charge in [-0.15, -0.1) is 6.58 Å². The molecule has 0 aromatic heterocycles. The predicted octanol–water partition coefficient (Wildman–Crippen LogP) is 2.14. The average Bonchev–Trinajstić information content (AvgIpc) is 2.38. The van der Waals surface area contributed by atoms with Crippen LogP contribution in [0.25, 0.3) is 0 Å². The van der Waals surface area contributed by atoms with Crippen LogP contribution in [0.15, 0.2) is 41.8 Å². The molecule has 5 heteroatoms. The van der Waals surface area contributed by atoms with E-state index in [2.05, 4.69) is 6.58 Å². The highest BCUT2D eigenvalue weighted by molar-refractivity contribution is 7.89. The molecule has 0 amide bonds. The lowest BCUT2D eigenvalue weighted by molar-refractivity contribution is 0.441. The smallest absolute Gasteiger partial charge is 0.207 e. The molecule has 0 heterocycles. The van der Waals surface area contributed by atoms with E-state index in [9.17, 15) is 8.42 Å². The Morgan fingerprint density at radius 2 is 2.00 bits per heavy atom. The predicted molar refractivity (Wildman–Crippen MR) is 70.4 cm³/mol. The number of nitrogens with zero attached hydrogens (tertiary/aromatic N) is 2. The Kier molecular flexibility index (Phi) is 5.08. The summed E-state index contributed by atoms with van der Waals surface area (Å²) < 4.78 is 26.0. The van der Waals surface area contributed by atoms with Gasteiger partial charge in [-0.1, -0.05) is 13.0 Å². The molecule has 0 radical (unpaired) electrons. The second kappa shape index (κ2) is 6.34. The molecule has 96 valence electrons. The van der Waals surface area contributed by atoms with Crippen LogP contribution in [0, 0.1) is 11.3 Å². The van der Waals surface area contributed by atoms with Gasteiger partial charge < -0.3 is 0 Å².